The van der Waals surface area contributed by atoms with Crippen LogP contribution < -0.4 is 0 Å². The van der Waals surface area contributed by atoms with Crippen LogP contribution in [0.25, 0.3) is 0 Å². The van der Waals surface area contributed by atoms with Gasteiger partial charge in [-0.3, -0.25) is 0 Å². The molecule has 0 heterocycles. The monoisotopic (exact) mass is 390 g/mol. The summed E-state index contributed by atoms with van der Waals surface area (Å²) in [5, 5.41) is 0. The van der Waals surface area contributed by atoms with Gasteiger partial charge in [-0.25, -0.2) is 4.79 Å². The lowest BCUT2D eigenvalue weighted by Gasteiger charge is -2.34. The van der Waals surface area contributed by atoms with Crippen molar-refractivity contribution in [2.24, 2.45) is 35.5 Å². The van der Waals surface area contributed by atoms with Gasteiger partial charge in [0, 0.05) is 19.3 Å². The van der Waals surface area contributed by atoms with Crippen LogP contribution in [0, 0.1) is 35.5 Å². The predicted octanol–water partition coefficient (Wildman–Crippen LogP) is 3.76. The fourth-order valence-corrected chi connectivity index (χ4v) is 5.79. The lowest BCUT2D eigenvalue weighted by Crippen LogP contribution is -2.32. The summed E-state index contributed by atoms with van der Waals surface area (Å²) in [5.74, 6) is 4.82. The lowest BCUT2D eigenvalue weighted by molar-refractivity contribution is -0.139. The van der Waals surface area contributed by atoms with E-state index in [1.54, 1.807) is 6.08 Å². The Bertz CT molecular complexity index is 571. The van der Waals surface area contributed by atoms with E-state index in [4.69, 9.17) is 18.9 Å². The lowest BCUT2D eigenvalue weighted by atomic mass is 9.73. The highest BCUT2D eigenvalue weighted by Crippen LogP contribution is 2.62. The van der Waals surface area contributed by atoms with Gasteiger partial charge in [0.15, 0.2) is 0 Å². The zero-order chi connectivity index (χ0) is 19.9. The van der Waals surface area contributed by atoms with Crippen molar-refractivity contribution in [3.63, 3.8) is 0 Å². The number of fused-ring (bicyclic) bond motifs is 5. The van der Waals surface area contributed by atoms with Gasteiger partial charge in [0.2, 0.25) is 0 Å². The molecule has 0 aromatic rings. The van der Waals surface area contributed by atoms with E-state index in [1.165, 1.54) is 31.8 Å². The standard InChI is InChI=1S/C23H34O5/c1-4-16(3)27-10-8-25-14-17-6-7-20-18-12-19(21(13-18)23(17)20)15-26-9-11-28-22(24)5-2/h4-5,17-21,23H,1-3,6-15H2. The van der Waals surface area contributed by atoms with Crippen molar-refractivity contribution >= 4 is 5.97 Å². The summed E-state index contributed by atoms with van der Waals surface area (Å²) in [6.07, 6.45) is 8.09. The molecule has 0 spiro atoms. The number of carbonyl (C=O) groups excluding carboxylic acids is 1. The molecule has 3 fully saturated rings. The Hall–Kier alpha value is -1.59. The fraction of sp³-hybridized carbons (Fsp3) is 0.696. The Labute approximate surface area is 168 Å². The summed E-state index contributed by atoms with van der Waals surface area (Å²) in [4.78, 5) is 11.0. The SMILES string of the molecule is C=CC(=C)OCCOCC1CCC2C3CC(COCCOC(=O)C=C)C(C3)C12. The maximum Gasteiger partial charge on any atom is 0.330 e. The molecule has 6 atom stereocenters. The first-order valence-electron chi connectivity index (χ1n) is 10.5. The van der Waals surface area contributed by atoms with Gasteiger partial charge in [-0.15, -0.1) is 0 Å². The van der Waals surface area contributed by atoms with Crippen molar-refractivity contribution in [2.75, 3.05) is 39.6 Å². The Kier molecular flexibility index (Phi) is 7.74. The molecular formula is C23H34O5. The minimum absolute atomic E-state index is 0.300. The Morgan fingerprint density at radius 1 is 0.857 bits per heavy atom. The molecule has 6 unspecified atom stereocenters. The van der Waals surface area contributed by atoms with Crippen molar-refractivity contribution in [2.45, 2.75) is 25.7 Å². The third-order valence-electron chi connectivity index (χ3n) is 6.84. The number of allylic oxidation sites excluding steroid dienone is 1. The summed E-state index contributed by atoms with van der Waals surface area (Å²) in [7, 11) is 0. The molecule has 0 amide bonds. The number of carbonyl (C=O) groups is 1. The van der Waals surface area contributed by atoms with Crippen LogP contribution >= 0.6 is 0 Å². The molecule has 0 aromatic heterocycles. The summed E-state index contributed by atoms with van der Waals surface area (Å²) in [6, 6.07) is 0. The van der Waals surface area contributed by atoms with Crippen LogP contribution in [-0.2, 0) is 23.7 Å². The van der Waals surface area contributed by atoms with Gasteiger partial charge in [0.25, 0.3) is 0 Å². The molecule has 156 valence electrons. The van der Waals surface area contributed by atoms with Gasteiger partial charge in [-0.1, -0.05) is 19.7 Å². The summed E-state index contributed by atoms with van der Waals surface area (Å²) >= 11 is 0. The summed E-state index contributed by atoms with van der Waals surface area (Å²) in [5.41, 5.74) is 0. The van der Waals surface area contributed by atoms with E-state index in [1.807, 2.05) is 0 Å². The molecule has 3 aliphatic carbocycles. The summed E-state index contributed by atoms with van der Waals surface area (Å²) < 4.78 is 22.1. The van der Waals surface area contributed by atoms with Gasteiger partial charge >= 0.3 is 5.97 Å². The van der Waals surface area contributed by atoms with Crippen LogP contribution in [0.1, 0.15) is 25.7 Å². The van der Waals surface area contributed by atoms with Crippen LogP contribution in [0.2, 0.25) is 0 Å². The van der Waals surface area contributed by atoms with Crippen LogP contribution in [0.3, 0.4) is 0 Å². The van der Waals surface area contributed by atoms with Gasteiger partial charge in [0.05, 0.1) is 13.2 Å². The van der Waals surface area contributed by atoms with E-state index in [2.05, 4.69) is 19.7 Å². The molecule has 0 radical (unpaired) electrons. The minimum Gasteiger partial charge on any atom is -0.492 e. The van der Waals surface area contributed by atoms with E-state index in [0.29, 0.717) is 44.0 Å². The number of hydrogen-bond donors (Lipinski definition) is 0. The van der Waals surface area contributed by atoms with E-state index in [9.17, 15) is 4.79 Å². The first-order chi connectivity index (χ1) is 13.6. The zero-order valence-electron chi connectivity index (χ0n) is 16.9. The van der Waals surface area contributed by atoms with Crippen LogP contribution in [0.5, 0.6) is 0 Å². The predicted molar refractivity (Wildman–Crippen MR) is 107 cm³/mol. The van der Waals surface area contributed by atoms with Crippen molar-refractivity contribution in [3.05, 3.63) is 37.6 Å². The molecule has 5 nitrogen and oxygen atoms in total. The van der Waals surface area contributed by atoms with Crippen LogP contribution in [0.15, 0.2) is 37.6 Å². The third-order valence-corrected chi connectivity index (χ3v) is 6.84. The van der Waals surface area contributed by atoms with Crippen LogP contribution in [0.4, 0.5) is 0 Å². The molecule has 2 bridgehead atoms. The van der Waals surface area contributed by atoms with Gasteiger partial charge < -0.3 is 18.9 Å². The maximum atomic E-state index is 11.0. The van der Waals surface area contributed by atoms with Crippen molar-refractivity contribution in [3.8, 4) is 0 Å². The smallest absolute Gasteiger partial charge is 0.330 e. The third kappa shape index (κ3) is 5.06. The first kappa shape index (κ1) is 21.1. The van der Waals surface area contributed by atoms with Gasteiger partial charge in [-0.05, 0) is 67.3 Å². The Balaban J connectivity index is 1.37. The van der Waals surface area contributed by atoms with Crippen molar-refractivity contribution < 1.29 is 23.7 Å². The highest BCUT2D eigenvalue weighted by Gasteiger charge is 2.56. The molecule has 3 rings (SSSR count). The van der Waals surface area contributed by atoms with Crippen molar-refractivity contribution in [1.29, 1.82) is 0 Å². The van der Waals surface area contributed by atoms with Gasteiger partial charge in [0.1, 0.15) is 19.0 Å². The average Bonchev–Trinajstić information content (AvgIpc) is 3.39. The maximum absolute atomic E-state index is 11.0. The number of esters is 1. The molecular weight excluding hydrogens is 356 g/mol. The van der Waals surface area contributed by atoms with Crippen molar-refractivity contribution in [1.82, 2.24) is 0 Å². The molecule has 0 aliphatic heterocycles. The molecule has 3 saturated carbocycles. The van der Waals surface area contributed by atoms with Crippen LogP contribution in [-0.4, -0.2) is 45.6 Å². The molecule has 3 aliphatic rings. The normalized spacial score (nSPS) is 32.7. The zero-order valence-corrected chi connectivity index (χ0v) is 16.9. The Morgan fingerprint density at radius 2 is 1.57 bits per heavy atom. The molecule has 0 aromatic carbocycles. The highest BCUT2D eigenvalue weighted by molar-refractivity contribution is 5.81. The number of ether oxygens (including phenoxy) is 4. The van der Waals surface area contributed by atoms with E-state index in [-0.39, 0.29) is 5.97 Å². The van der Waals surface area contributed by atoms with Gasteiger partial charge in [-0.2, -0.15) is 0 Å². The molecule has 5 heteroatoms. The molecule has 0 saturated heterocycles. The second kappa shape index (κ2) is 10.3. The summed E-state index contributed by atoms with van der Waals surface area (Å²) in [6.45, 7) is 14.3. The highest BCUT2D eigenvalue weighted by atomic mass is 16.6. The topological polar surface area (TPSA) is 54.0 Å². The quantitative estimate of drug-likeness (QED) is 0.158. The Morgan fingerprint density at radius 3 is 2.29 bits per heavy atom. The average molecular weight is 391 g/mol. The van der Waals surface area contributed by atoms with E-state index in [0.717, 1.165) is 36.9 Å². The number of rotatable bonds is 13. The fourth-order valence-electron chi connectivity index (χ4n) is 5.79. The van der Waals surface area contributed by atoms with E-state index >= 15 is 0 Å². The first-order valence-corrected chi connectivity index (χ1v) is 10.5. The molecule has 0 N–H and O–H groups in total. The minimum atomic E-state index is -0.389. The number of hydrogen-bond acceptors (Lipinski definition) is 5. The van der Waals surface area contributed by atoms with E-state index < -0.39 is 0 Å². The largest absolute Gasteiger partial charge is 0.492 e. The molecule has 28 heavy (non-hydrogen) atoms. The second-order valence-electron chi connectivity index (χ2n) is 8.27. The second-order valence-corrected chi connectivity index (χ2v) is 8.27.